The van der Waals surface area contributed by atoms with Crippen molar-refractivity contribution in [2.75, 3.05) is 14.2 Å². The highest BCUT2D eigenvalue weighted by atomic mass is 32.2. The molecule has 2 amide bonds. The largest absolute Gasteiger partial charge is 0.400 e. The molecule has 0 aromatic heterocycles. The quantitative estimate of drug-likeness (QED) is 0.218. The number of amides is 2. The normalized spacial score (nSPS) is 24.7. The van der Waals surface area contributed by atoms with Gasteiger partial charge in [-0.05, 0) is 122 Å². The number of carbonyl (C=O) groups is 2. The van der Waals surface area contributed by atoms with Crippen molar-refractivity contribution in [2.45, 2.75) is 67.9 Å². The second-order valence-corrected chi connectivity index (χ2v) is 13.2. The van der Waals surface area contributed by atoms with Crippen molar-refractivity contribution in [1.82, 2.24) is 5.32 Å². The van der Waals surface area contributed by atoms with E-state index in [0.29, 0.717) is 10.3 Å². The van der Waals surface area contributed by atoms with E-state index in [1.807, 2.05) is 50.3 Å². The molecule has 4 fully saturated rings. The predicted octanol–water partition coefficient (Wildman–Crippen LogP) is 7.07. The van der Waals surface area contributed by atoms with Crippen LogP contribution in [0.5, 0.6) is 0 Å². The Labute approximate surface area is 249 Å². The fourth-order valence-electron chi connectivity index (χ4n) is 7.33. The van der Waals surface area contributed by atoms with E-state index in [0.717, 1.165) is 41.2 Å². The minimum Gasteiger partial charge on any atom is -0.400 e. The predicted molar refractivity (Wildman–Crippen MR) is 171 cm³/mol. The van der Waals surface area contributed by atoms with Gasteiger partial charge in [0.1, 0.15) is 5.92 Å². The number of carbonyl (C=O) groups excluding carboxylic acids is 2. The van der Waals surface area contributed by atoms with Gasteiger partial charge in [-0.15, -0.1) is 11.8 Å². The molecule has 0 heterocycles. The molecule has 1 atom stereocenters. The Kier molecular flexibility index (Phi) is 10.3. The number of rotatable bonds is 6. The number of likely N-dealkylation sites (N-methyl/N-ethyl adjacent to an activating group) is 1. The van der Waals surface area contributed by atoms with Crippen LogP contribution >= 0.6 is 11.8 Å². The number of nitrogens with two attached hydrogens (primary N) is 1. The minimum absolute atomic E-state index is 0.389. The van der Waals surface area contributed by atoms with E-state index >= 15 is 0 Å². The van der Waals surface area contributed by atoms with Gasteiger partial charge >= 0.3 is 0 Å². The lowest BCUT2D eigenvalue weighted by molar-refractivity contribution is -0.129. The van der Waals surface area contributed by atoms with E-state index in [4.69, 9.17) is 10.8 Å². The van der Waals surface area contributed by atoms with Crippen molar-refractivity contribution in [1.29, 1.82) is 0 Å². The lowest BCUT2D eigenvalue weighted by Gasteiger charge is -2.56. The fourth-order valence-corrected chi connectivity index (χ4v) is 9.06. The van der Waals surface area contributed by atoms with Crippen molar-refractivity contribution >= 4 is 34.3 Å². The molecule has 4 aliphatic rings. The molecule has 7 rings (SSSR count). The maximum Gasteiger partial charge on any atom is 0.236 e. The third kappa shape index (κ3) is 7.04. The molecule has 218 valence electrons. The number of aliphatic hydroxyl groups is 1. The Morgan fingerprint density at radius 2 is 1.37 bits per heavy atom. The molecule has 4 aliphatic carbocycles. The highest BCUT2D eigenvalue weighted by Crippen LogP contribution is 2.61. The number of allylic oxidation sites excluding steroid dienone is 2. The van der Waals surface area contributed by atoms with Crippen LogP contribution in [0.3, 0.4) is 0 Å². The maximum atomic E-state index is 12.1. The molecule has 0 radical (unpaired) electrons. The lowest BCUT2D eigenvalue weighted by atomic mass is 9.56. The fraction of sp³-hybridized carbons (Fsp3) is 0.429. The molecule has 3 aromatic rings. The van der Waals surface area contributed by atoms with Crippen LogP contribution in [0, 0.1) is 17.8 Å². The summed E-state index contributed by atoms with van der Waals surface area (Å²) in [5, 5.41) is 11.6. The van der Waals surface area contributed by atoms with Gasteiger partial charge in [0.15, 0.2) is 0 Å². The summed E-state index contributed by atoms with van der Waals surface area (Å²) >= 11 is 2.15. The van der Waals surface area contributed by atoms with Gasteiger partial charge in [-0.25, -0.2) is 0 Å². The smallest absolute Gasteiger partial charge is 0.236 e. The first kappa shape index (κ1) is 30.9. The van der Waals surface area contributed by atoms with Crippen molar-refractivity contribution in [3.8, 4) is 11.1 Å². The summed E-state index contributed by atoms with van der Waals surface area (Å²) in [5.41, 5.74) is 8.47. The summed E-state index contributed by atoms with van der Waals surface area (Å²) < 4.78 is 0.481. The van der Waals surface area contributed by atoms with Gasteiger partial charge < -0.3 is 16.2 Å². The summed E-state index contributed by atoms with van der Waals surface area (Å²) in [4.78, 5) is 25.4. The zero-order valence-corrected chi connectivity index (χ0v) is 25.5. The number of thioether (sulfide) groups is 1. The van der Waals surface area contributed by atoms with E-state index in [9.17, 15) is 9.59 Å². The standard InChI is InChI=1S/C30H32N2O2S.C4H8.CH4O/c1-32-29(34)27(28(31)33)25-5-4-23-13-22(2-3-24(23)14-25)21-6-8-26(9-7-21)35-30-15-18-10-19(16-30)12-20(11-18)17-30;1-3-4-2;1-2/h2-9,13-14,18-20,27H,10-12,15-17H2,1H3,(H2,31,33)(H,32,34);3-4H,1-2H3;2H,1H3/b;4-3-;. The summed E-state index contributed by atoms with van der Waals surface area (Å²) in [7, 11) is 2.51. The van der Waals surface area contributed by atoms with Crippen molar-refractivity contribution in [2.24, 2.45) is 23.5 Å². The van der Waals surface area contributed by atoms with Gasteiger partial charge in [0.2, 0.25) is 11.8 Å². The Balaban J connectivity index is 0.000000596. The first-order chi connectivity index (χ1) is 19.8. The molecular formula is C35H44N2O3S. The van der Waals surface area contributed by atoms with Crippen LogP contribution < -0.4 is 11.1 Å². The molecule has 0 saturated heterocycles. The van der Waals surface area contributed by atoms with Crippen molar-refractivity contribution in [3.05, 3.63) is 78.4 Å². The summed E-state index contributed by atoms with van der Waals surface area (Å²) in [6.07, 6.45) is 12.7. The molecule has 41 heavy (non-hydrogen) atoms. The van der Waals surface area contributed by atoms with Gasteiger partial charge in [-0.2, -0.15) is 0 Å². The number of aliphatic hydroxyl groups excluding tert-OH is 1. The average molecular weight is 573 g/mol. The van der Waals surface area contributed by atoms with E-state index in [2.05, 4.69) is 53.5 Å². The lowest BCUT2D eigenvalue weighted by Crippen LogP contribution is -2.48. The number of hydrogen-bond acceptors (Lipinski definition) is 4. The number of hydrogen-bond donors (Lipinski definition) is 3. The third-order valence-corrected chi connectivity index (χ3v) is 10.3. The van der Waals surface area contributed by atoms with Crippen LogP contribution in [0.15, 0.2) is 77.7 Å². The average Bonchev–Trinajstić information content (AvgIpc) is 2.97. The van der Waals surface area contributed by atoms with Crippen LogP contribution in [0.25, 0.3) is 21.9 Å². The van der Waals surface area contributed by atoms with E-state index in [1.165, 1.54) is 56.0 Å². The van der Waals surface area contributed by atoms with Crippen LogP contribution in [0.2, 0.25) is 0 Å². The number of nitrogens with one attached hydrogen (secondary N) is 1. The second kappa shape index (κ2) is 13.7. The molecule has 3 aromatic carbocycles. The molecule has 5 nitrogen and oxygen atoms in total. The molecule has 0 aliphatic heterocycles. The van der Waals surface area contributed by atoms with E-state index in [1.54, 1.807) is 0 Å². The Bertz CT molecular complexity index is 1340. The maximum absolute atomic E-state index is 12.1. The molecule has 1 unspecified atom stereocenters. The van der Waals surface area contributed by atoms with E-state index < -0.39 is 11.8 Å². The number of primary amides is 1. The number of fused-ring (bicyclic) bond motifs is 1. The SMILES string of the molecule is C/C=C\C.CNC(=O)C(C(N)=O)c1ccc2cc(-c3ccc(SC45CC6CC(CC(C6)C4)C5)cc3)ccc2c1.CO. The van der Waals surface area contributed by atoms with Crippen LogP contribution in [0.1, 0.15) is 63.9 Å². The summed E-state index contributed by atoms with van der Waals surface area (Å²) in [6.45, 7) is 4.00. The number of benzene rings is 3. The van der Waals surface area contributed by atoms with Gasteiger partial charge in [0, 0.05) is 23.8 Å². The monoisotopic (exact) mass is 572 g/mol. The highest BCUT2D eigenvalue weighted by molar-refractivity contribution is 8.00. The molecule has 4 N–H and O–H groups in total. The first-order valence-electron chi connectivity index (χ1n) is 14.7. The molecule has 4 saturated carbocycles. The summed E-state index contributed by atoms with van der Waals surface area (Å²) in [6, 6.07) is 21.1. The molecule has 0 spiro atoms. The zero-order valence-electron chi connectivity index (χ0n) is 24.7. The topological polar surface area (TPSA) is 92.4 Å². The molecule has 4 bridgehead atoms. The first-order valence-corrected chi connectivity index (χ1v) is 15.5. The van der Waals surface area contributed by atoms with Crippen LogP contribution in [-0.2, 0) is 9.59 Å². The minimum atomic E-state index is -0.983. The Morgan fingerprint density at radius 1 is 0.854 bits per heavy atom. The van der Waals surface area contributed by atoms with Gasteiger partial charge in [-0.3, -0.25) is 9.59 Å². The zero-order chi connectivity index (χ0) is 29.6. The molecule has 6 heteroatoms. The summed E-state index contributed by atoms with van der Waals surface area (Å²) in [5.74, 6) is 0.900. The second-order valence-electron chi connectivity index (χ2n) is 11.7. The van der Waals surface area contributed by atoms with Crippen molar-refractivity contribution < 1.29 is 14.7 Å². The van der Waals surface area contributed by atoms with Gasteiger partial charge in [0.05, 0.1) is 0 Å². The molecular weight excluding hydrogens is 528 g/mol. The highest BCUT2D eigenvalue weighted by Gasteiger charge is 2.51. The van der Waals surface area contributed by atoms with Gasteiger partial charge in [0.25, 0.3) is 0 Å². The Morgan fingerprint density at radius 3 is 1.88 bits per heavy atom. The third-order valence-electron chi connectivity index (χ3n) is 8.83. The Hall–Kier alpha value is -3.09. The van der Waals surface area contributed by atoms with E-state index in [-0.39, 0.29) is 5.91 Å². The van der Waals surface area contributed by atoms with Gasteiger partial charge in [-0.1, -0.05) is 48.6 Å². The van der Waals surface area contributed by atoms with Crippen LogP contribution in [0.4, 0.5) is 0 Å². The van der Waals surface area contributed by atoms with Crippen LogP contribution in [-0.4, -0.2) is 35.8 Å². The van der Waals surface area contributed by atoms with Crippen molar-refractivity contribution in [3.63, 3.8) is 0 Å².